The minimum atomic E-state index is -6.32. The van der Waals surface area contributed by atoms with E-state index in [2.05, 4.69) is 39.2 Å². The zero-order valence-corrected chi connectivity index (χ0v) is 47.6. The fourth-order valence-corrected chi connectivity index (χ4v) is 14.3. The van der Waals surface area contributed by atoms with Crippen LogP contribution < -0.4 is 30.1 Å². The van der Waals surface area contributed by atoms with Crippen molar-refractivity contribution in [2.45, 2.75) is 52.4 Å². The third kappa shape index (κ3) is 9.67. The monoisotopic (exact) mass is 1270 g/mol. The maximum atomic E-state index is 10.1. The summed E-state index contributed by atoms with van der Waals surface area (Å²) in [5.41, 5.74) is -0.150. The van der Waals surface area contributed by atoms with Crippen LogP contribution in [0.25, 0.3) is 72.3 Å². The van der Waals surface area contributed by atoms with Crippen LogP contribution in [0.3, 0.4) is 0 Å². The molecule has 13 rings (SSSR count). The maximum absolute atomic E-state index is 10.1. The standard InChI is InChI=1S/C74H60N4OSi.Pt/c1-73(2,3)56-43-44-75-71(48-56)78-66-38-23-22-37-63(66)64-41-40-59(50-68(64)78)79-58-30-24-29-57(49-58)76-51-77(67-42-39-54(46-69(67)76)52-25-12-7-13-26-52)72-65(74(4,5)6)45-55(53-27-14-8-15-28-53)47-70(72)80(60-31-16-9-17-32-60,61-33-18-10-19-34-61)62-35-20-11-21-36-62;/h7-48H,1-6H3;/q-2;/i7D,8D,9D,10D,11D,12D,13D,14D,15D,16D,17D,18D,19D,20D,21D,25D,26D,27D,28D,31D,32D,33D,34D,35D,36D;. The van der Waals surface area contributed by atoms with Gasteiger partial charge >= 0.3 is 0 Å². The summed E-state index contributed by atoms with van der Waals surface area (Å²) in [6.07, 6.45) is 5.15. The number of fused-ring (bicyclic) bond motifs is 4. The molecule has 398 valence electrons. The Morgan fingerprint density at radius 2 is 1.11 bits per heavy atom. The molecule has 5 nitrogen and oxygen atoms in total. The van der Waals surface area contributed by atoms with Gasteiger partial charge in [-0.15, -0.1) is 29.7 Å². The second kappa shape index (κ2) is 21.4. The first-order valence-corrected chi connectivity index (χ1v) is 27.5. The molecule has 0 saturated heterocycles. The number of nitrogens with zero attached hydrogens (tertiary/aromatic N) is 4. The van der Waals surface area contributed by atoms with Crippen molar-refractivity contribution in [3.8, 4) is 50.9 Å². The topological polar surface area (TPSA) is 35.9 Å². The van der Waals surface area contributed by atoms with Crippen molar-refractivity contribution < 1.29 is 64.6 Å². The van der Waals surface area contributed by atoms with E-state index >= 15 is 0 Å². The number of para-hydroxylation sites is 1. The average molecular weight is 1270 g/mol. The molecular weight excluding hydrogens is 1180 g/mol. The van der Waals surface area contributed by atoms with Gasteiger partial charge < -0.3 is 13.9 Å². The van der Waals surface area contributed by atoms with Gasteiger partial charge in [-0.2, -0.15) is 18.2 Å². The van der Waals surface area contributed by atoms with Crippen molar-refractivity contribution in [3.63, 3.8) is 0 Å². The summed E-state index contributed by atoms with van der Waals surface area (Å²) >= 11 is 0. The first-order chi connectivity index (χ1) is 49.3. The van der Waals surface area contributed by atoms with Gasteiger partial charge in [0.2, 0.25) is 0 Å². The van der Waals surface area contributed by atoms with E-state index in [4.69, 9.17) is 22.1 Å². The normalized spacial score (nSPS) is 16.3. The molecule has 0 aliphatic heterocycles. The molecule has 0 aliphatic carbocycles. The third-order valence-electron chi connectivity index (χ3n) is 14.0. The largest absolute Gasteiger partial charge is 0.510 e. The average Bonchev–Trinajstić information content (AvgIpc) is 0.685. The smallest absolute Gasteiger partial charge is 0.268 e. The van der Waals surface area contributed by atoms with Crippen molar-refractivity contribution in [1.82, 2.24) is 14.1 Å². The second-order valence-corrected chi connectivity index (χ2v) is 24.5. The van der Waals surface area contributed by atoms with E-state index in [1.54, 1.807) is 51.2 Å². The van der Waals surface area contributed by atoms with Crippen molar-refractivity contribution in [3.05, 3.63) is 284 Å². The number of benzene rings is 10. The van der Waals surface area contributed by atoms with E-state index < -0.39 is 191 Å². The molecule has 0 radical (unpaired) electrons. The van der Waals surface area contributed by atoms with Gasteiger partial charge in [-0.1, -0.05) is 241 Å². The SMILES string of the molecule is [2H]c1c([2H])c([2H])c(-c2cc(C(C)(C)C)c(-[n+]3[c-]n(-c4[c-]c(Oc5[c-]c6c(cc5)c5ccccc5n6-c5cc(C(C)(C)C)ccn5)ccc4)c4cc(-c5c([2H])c([2H])c([2H])c([2H])c5[2H])ccc43)c([Si](c3c([2H])c([2H])c([2H])c([2H])c3[2H])(c3c([2H])c([2H])c([2H])c([2H])c3[2H])c3c([2H])c([2H])c([2H])c([2H])c3[2H])c2)c([2H])c1[2H].[Pt]. The summed E-state index contributed by atoms with van der Waals surface area (Å²) in [5.74, 6) is 0.925. The van der Waals surface area contributed by atoms with Crippen molar-refractivity contribution in [2.24, 2.45) is 0 Å². The predicted octanol–water partition coefficient (Wildman–Crippen LogP) is 14.9. The van der Waals surface area contributed by atoms with Crippen molar-refractivity contribution in [1.29, 1.82) is 0 Å². The fraction of sp³-hybridized carbons (Fsp3) is 0.108. The number of ether oxygens (including phenoxy) is 1. The zero-order valence-electron chi connectivity index (χ0n) is 69.3. The quantitative estimate of drug-likeness (QED) is 0.0560. The van der Waals surface area contributed by atoms with Crippen LogP contribution in [0.2, 0.25) is 0 Å². The van der Waals surface area contributed by atoms with E-state index in [-0.39, 0.29) is 82.6 Å². The van der Waals surface area contributed by atoms with Crippen LogP contribution >= 0.6 is 0 Å². The summed E-state index contributed by atoms with van der Waals surface area (Å²) < 4.78 is 246. The molecule has 13 aromatic rings. The molecule has 0 spiro atoms. The Bertz CT molecular complexity index is 5650. The van der Waals surface area contributed by atoms with Crippen LogP contribution in [-0.2, 0) is 31.9 Å². The molecule has 3 heterocycles. The van der Waals surface area contributed by atoms with E-state index in [0.29, 0.717) is 11.3 Å². The first-order valence-electron chi connectivity index (χ1n) is 38.0. The summed E-state index contributed by atoms with van der Waals surface area (Å²) in [6.45, 7) is 11.4. The molecular formula is C74H60N4OPtSi-2. The maximum Gasteiger partial charge on any atom is 0.268 e. The summed E-state index contributed by atoms with van der Waals surface area (Å²) in [4.78, 5) is 4.81. The minimum Gasteiger partial charge on any atom is -0.510 e. The molecule has 0 fully saturated rings. The third-order valence-corrected chi connectivity index (χ3v) is 18.2. The molecule has 7 heteroatoms. The zero-order chi connectivity index (χ0) is 76.3. The molecule has 0 saturated carbocycles. The Labute approximate surface area is 525 Å². The predicted molar refractivity (Wildman–Crippen MR) is 332 cm³/mol. The Morgan fingerprint density at radius 1 is 0.519 bits per heavy atom. The van der Waals surface area contributed by atoms with Crippen LogP contribution in [-0.4, -0.2) is 22.2 Å². The van der Waals surface area contributed by atoms with Gasteiger partial charge in [0.1, 0.15) is 5.82 Å². The number of imidazole rings is 1. The molecule has 0 aliphatic rings. The summed E-state index contributed by atoms with van der Waals surface area (Å²) in [6, 6.07) is 10.7. The Kier molecular flexibility index (Phi) is 8.29. The Morgan fingerprint density at radius 3 is 1.73 bits per heavy atom. The van der Waals surface area contributed by atoms with Gasteiger partial charge in [0, 0.05) is 44.3 Å². The van der Waals surface area contributed by atoms with Gasteiger partial charge in [-0.3, -0.25) is 4.57 Å². The van der Waals surface area contributed by atoms with E-state index in [9.17, 15) is 21.9 Å². The Balaban J connectivity index is 0.0000105. The number of pyridine rings is 1. The van der Waals surface area contributed by atoms with Crippen LogP contribution in [0.1, 0.15) is 86.9 Å². The van der Waals surface area contributed by atoms with Gasteiger partial charge in [-0.05, 0) is 100 Å². The summed E-state index contributed by atoms with van der Waals surface area (Å²) in [7, 11) is -6.32. The second-order valence-electron chi connectivity index (χ2n) is 21.0. The molecule has 0 bridgehead atoms. The summed E-state index contributed by atoms with van der Waals surface area (Å²) in [5, 5.41) is -1.47. The fourth-order valence-electron chi connectivity index (χ4n) is 10.3. The van der Waals surface area contributed by atoms with Gasteiger partial charge in [-0.25, -0.2) is 4.98 Å². The van der Waals surface area contributed by atoms with Crippen LogP contribution in [0.15, 0.2) is 254 Å². The molecule has 0 N–H and O–H groups in total. The molecule has 3 aromatic heterocycles. The molecule has 0 amide bonds. The minimum absolute atomic E-state index is 0. The van der Waals surface area contributed by atoms with E-state index in [1.807, 2.05) is 47.0 Å². The van der Waals surface area contributed by atoms with Gasteiger partial charge in [0.05, 0.1) is 51.0 Å². The van der Waals surface area contributed by atoms with Crippen molar-refractivity contribution >= 4 is 61.7 Å². The number of rotatable bonds is 11. The molecule has 0 atom stereocenters. The van der Waals surface area contributed by atoms with E-state index in [0.717, 1.165) is 21.9 Å². The van der Waals surface area contributed by atoms with Crippen molar-refractivity contribution in [2.75, 3.05) is 0 Å². The van der Waals surface area contributed by atoms with Gasteiger partial charge in [0.15, 0.2) is 8.07 Å². The number of aromatic nitrogens is 4. The van der Waals surface area contributed by atoms with Crippen LogP contribution in [0, 0.1) is 18.5 Å². The number of hydrogen-bond donors (Lipinski definition) is 0. The van der Waals surface area contributed by atoms with Crippen LogP contribution in [0.5, 0.6) is 11.5 Å². The molecule has 0 unspecified atom stereocenters. The molecule has 10 aromatic carbocycles. The van der Waals surface area contributed by atoms with E-state index in [1.165, 1.54) is 39.5 Å². The van der Waals surface area contributed by atoms with Crippen LogP contribution in [0.4, 0.5) is 0 Å². The number of hydrogen-bond acceptors (Lipinski definition) is 2. The Hall–Kier alpha value is -8.67. The first kappa shape index (κ1) is 31.4. The molecule has 81 heavy (non-hydrogen) atoms. The van der Waals surface area contributed by atoms with Gasteiger partial charge in [0.25, 0.3) is 6.33 Å².